The number of amides is 1. The highest BCUT2D eigenvalue weighted by atomic mass is 35.5. The van der Waals surface area contributed by atoms with Crippen molar-refractivity contribution >= 4 is 23.6 Å². The number of rotatable bonds is 4. The molecule has 0 unspecified atom stereocenters. The maximum absolute atomic E-state index is 12.0. The van der Waals surface area contributed by atoms with Gasteiger partial charge in [0.2, 0.25) is 5.91 Å². The van der Waals surface area contributed by atoms with Crippen molar-refractivity contribution in [3.05, 3.63) is 40.9 Å². The lowest BCUT2D eigenvalue weighted by molar-refractivity contribution is -0.136. The zero-order chi connectivity index (χ0) is 16.2. The monoisotopic (exact) mass is 332 g/mol. The fraction of sp³-hybridized carbons (Fsp3) is 0.526. The van der Waals surface area contributed by atoms with Crippen molar-refractivity contribution in [2.24, 2.45) is 0 Å². The van der Waals surface area contributed by atoms with Crippen LogP contribution >= 0.6 is 11.6 Å². The van der Waals surface area contributed by atoms with Gasteiger partial charge >= 0.3 is 0 Å². The Bertz CT molecular complexity index is 572. The van der Waals surface area contributed by atoms with Crippen LogP contribution in [0.3, 0.4) is 0 Å². The van der Waals surface area contributed by atoms with Gasteiger partial charge in [0.25, 0.3) is 0 Å². The summed E-state index contributed by atoms with van der Waals surface area (Å²) in [5.41, 5.74) is 1.14. The van der Waals surface area contributed by atoms with Crippen LogP contribution in [-0.2, 0) is 4.79 Å². The number of nitrogens with zero attached hydrogens (tertiary/aromatic N) is 2. The number of piperazine rings is 1. The summed E-state index contributed by atoms with van der Waals surface area (Å²) >= 11 is 6.03. The molecule has 23 heavy (non-hydrogen) atoms. The first-order valence-electron chi connectivity index (χ1n) is 8.63. The Morgan fingerprint density at radius 1 is 1.30 bits per heavy atom. The van der Waals surface area contributed by atoms with E-state index in [1.165, 1.54) is 19.3 Å². The highest BCUT2D eigenvalue weighted by Crippen LogP contribution is 2.29. The average molecular weight is 333 g/mol. The maximum atomic E-state index is 12.0. The van der Waals surface area contributed by atoms with Crippen molar-refractivity contribution in [2.75, 3.05) is 19.6 Å². The first-order chi connectivity index (χ1) is 11.2. The SMILES string of the molecule is CCC(=O)N1C[C@H]2CCC[C@@H](C1)N2C/C=C/c1cccc(Cl)c1. The summed E-state index contributed by atoms with van der Waals surface area (Å²) in [5, 5.41) is 0.774. The van der Waals surface area contributed by atoms with Gasteiger partial charge in [-0.1, -0.05) is 49.2 Å². The normalized spacial score (nSPS) is 25.0. The van der Waals surface area contributed by atoms with E-state index >= 15 is 0 Å². The lowest BCUT2D eigenvalue weighted by Gasteiger charge is -2.50. The van der Waals surface area contributed by atoms with Crippen LogP contribution in [0, 0.1) is 0 Å². The van der Waals surface area contributed by atoms with Crippen molar-refractivity contribution in [3.63, 3.8) is 0 Å². The maximum Gasteiger partial charge on any atom is 0.222 e. The highest BCUT2D eigenvalue weighted by molar-refractivity contribution is 6.30. The van der Waals surface area contributed by atoms with Gasteiger partial charge in [-0.05, 0) is 30.5 Å². The van der Waals surface area contributed by atoms with E-state index in [0.29, 0.717) is 24.4 Å². The van der Waals surface area contributed by atoms with Crippen molar-refractivity contribution < 1.29 is 4.79 Å². The van der Waals surface area contributed by atoms with Gasteiger partial charge in [-0.25, -0.2) is 0 Å². The third kappa shape index (κ3) is 3.96. The second-order valence-electron chi connectivity index (χ2n) is 6.54. The van der Waals surface area contributed by atoms with Crippen LogP contribution in [0.4, 0.5) is 0 Å². The van der Waals surface area contributed by atoms with Gasteiger partial charge in [0, 0.05) is 43.2 Å². The first-order valence-corrected chi connectivity index (χ1v) is 9.01. The second kappa shape index (κ2) is 7.50. The lowest BCUT2D eigenvalue weighted by atomic mass is 9.91. The zero-order valence-corrected chi connectivity index (χ0v) is 14.5. The molecular weight excluding hydrogens is 308 g/mol. The number of likely N-dealkylation sites (tertiary alicyclic amines) is 1. The quantitative estimate of drug-likeness (QED) is 0.836. The van der Waals surface area contributed by atoms with Crippen LogP contribution in [0.5, 0.6) is 0 Å². The number of benzene rings is 1. The van der Waals surface area contributed by atoms with E-state index in [-0.39, 0.29) is 0 Å². The average Bonchev–Trinajstić information content (AvgIpc) is 2.53. The van der Waals surface area contributed by atoms with Gasteiger partial charge in [0.05, 0.1) is 0 Å². The number of carbonyl (C=O) groups excluding carboxylic acids is 1. The molecule has 3 nitrogen and oxygen atoms in total. The van der Waals surface area contributed by atoms with Crippen LogP contribution in [0.15, 0.2) is 30.3 Å². The predicted molar refractivity (Wildman–Crippen MR) is 95.5 cm³/mol. The minimum atomic E-state index is 0.302. The van der Waals surface area contributed by atoms with E-state index in [1.54, 1.807) is 0 Å². The molecule has 2 saturated heterocycles. The van der Waals surface area contributed by atoms with E-state index < -0.39 is 0 Å². The smallest absolute Gasteiger partial charge is 0.222 e. The molecule has 0 aromatic heterocycles. The highest BCUT2D eigenvalue weighted by Gasteiger charge is 2.37. The largest absolute Gasteiger partial charge is 0.340 e. The number of piperidine rings is 1. The molecule has 124 valence electrons. The van der Waals surface area contributed by atoms with Crippen molar-refractivity contribution in [1.82, 2.24) is 9.80 Å². The van der Waals surface area contributed by atoms with Gasteiger partial charge < -0.3 is 4.90 Å². The second-order valence-corrected chi connectivity index (χ2v) is 6.98. The molecule has 0 radical (unpaired) electrons. The zero-order valence-electron chi connectivity index (χ0n) is 13.7. The summed E-state index contributed by atoms with van der Waals surface area (Å²) in [7, 11) is 0. The molecular formula is C19H25ClN2O. The van der Waals surface area contributed by atoms with Gasteiger partial charge in [-0.15, -0.1) is 0 Å². The summed E-state index contributed by atoms with van der Waals surface area (Å²) in [5.74, 6) is 0.302. The van der Waals surface area contributed by atoms with Crippen LogP contribution in [0.2, 0.25) is 5.02 Å². The standard InChI is InChI=1S/C19H25ClN2O/c1-2-19(23)21-13-17-9-4-10-18(14-21)22(17)11-5-7-15-6-3-8-16(20)12-15/h3,5-8,12,17-18H,2,4,9-11,13-14H2,1H3/b7-5+/t17-,18+. The van der Waals surface area contributed by atoms with Gasteiger partial charge in [-0.2, -0.15) is 0 Å². The number of carbonyl (C=O) groups is 1. The third-order valence-electron chi connectivity index (χ3n) is 5.01. The van der Waals surface area contributed by atoms with E-state index in [4.69, 9.17) is 11.6 Å². The molecule has 2 bridgehead atoms. The van der Waals surface area contributed by atoms with E-state index in [2.05, 4.69) is 28.0 Å². The Kier molecular flexibility index (Phi) is 5.39. The number of hydrogen-bond donors (Lipinski definition) is 0. The number of hydrogen-bond acceptors (Lipinski definition) is 2. The Morgan fingerprint density at radius 3 is 2.70 bits per heavy atom. The van der Waals surface area contributed by atoms with Crippen molar-refractivity contribution in [2.45, 2.75) is 44.7 Å². The minimum absolute atomic E-state index is 0.302. The molecule has 2 atom stereocenters. The molecule has 2 aliphatic heterocycles. The molecule has 0 N–H and O–H groups in total. The predicted octanol–water partition coefficient (Wildman–Crippen LogP) is 3.83. The molecule has 2 heterocycles. The first kappa shape index (κ1) is 16.5. The molecule has 2 aliphatic rings. The molecule has 1 amide bonds. The third-order valence-corrected chi connectivity index (χ3v) is 5.24. The van der Waals surface area contributed by atoms with Crippen molar-refractivity contribution in [3.8, 4) is 0 Å². The van der Waals surface area contributed by atoms with Crippen molar-refractivity contribution in [1.29, 1.82) is 0 Å². The Labute approximate surface area is 143 Å². The Balaban J connectivity index is 1.63. The Hall–Kier alpha value is -1.32. The molecule has 0 aliphatic carbocycles. The van der Waals surface area contributed by atoms with Gasteiger partial charge in [-0.3, -0.25) is 9.69 Å². The molecule has 1 aromatic rings. The minimum Gasteiger partial charge on any atom is -0.340 e. The van der Waals surface area contributed by atoms with Gasteiger partial charge in [0.1, 0.15) is 0 Å². The topological polar surface area (TPSA) is 23.6 Å². The van der Waals surface area contributed by atoms with E-state index in [0.717, 1.165) is 30.2 Å². The van der Waals surface area contributed by atoms with Crippen LogP contribution in [-0.4, -0.2) is 47.4 Å². The van der Waals surface area contributed by atoms with Crippen LogP contribution < -0.4 is 0 Å². The number of halogens is 1. The summed E-state index contributed by atoms with van der Waals surface area (Å²) < 4.78 is 0. The fourth-order valence-corrected chi connectivity index (χ4v) is 4.04. The van der Waals surface area contributed by atoms with E-state index in [9.17, 15) is 4.79 Å². The fourth-order valence-electron chi connectivity index (χ4n) is 3.84. The molecule has 2 fully saturated rings. The molecule has 0 spiro atoms. The summed E-state index contributed by atoms with van der Waals surface area (Å²) in [6.45, 7) is 4.70. The van der Waals surface area contributed by atoms with E-state index in [1.807, 2.05) is 25.1 Å². The summed E-state index contributed by atoms with van der Waals surface area (Å²) in [6, 6.07) is 8.96. The Morgan fingerprint density at radius 2 is 2.04 bits per heavy atom. The van der Waals surface area contributed by atoms with Crippen LogP contribution in [0.25, 0.3) is 6.08 Å². The molecule has 3 rings (SSSR count). The van der Waals surface area contributed by atoms with Gasteiger partial charge in [0.15, 0.2) is 0 Å². The lowest BCUT2D eigenvalue weighted by Crippen LogP contribution is -2.61. The molecule has 4 heteroatoms. The van der Waals surface area contributed by atoms with Crippen LogP contribution in [0.1, 0.15) is 38.2 Å². The molecule has 0 saturated carbocycles. The molecule has 1 aromatic carbocycles. The number of fused-ring (bicyclic) bond motifs is 2. The summed E-state index contributed by atoms with van der Waals surface area (Å²) in [4.78, 5) is 16.7. The summed E-state index contributed by atoms with van der Waals surface area (Å²) in [6.07, 6.45) is 8.69.